The van der Waals surface area contributed by atoms with Gasteiger partial charge < -0.3 is 10.2 Å². The van der Waals surface area contributed by atoms with Gasteiger partial charge in [-0.05, 0) is 45.2 Å². The molecule has 7 heteroatoms. The molecule has 1 N–H and O–H groups in total. The standard InChI is InChI=1S/C18H26N6O/c1-13-3-4-14(2)23(13)12-18(25)22-9-7-15(11-22)20-16-5-6-17-19-8-10-24(17)21-16/h5-6,8,10,13-15H,3-4,7,9,11-12H2,1-2H3,(H,20,21). The first-order chi connectivity index (χ1) is 12.1. The van der Waals surface area contributed by atoms with Crippen LogP contribution in [-0.2, 0) is 4.79 Å². The second-order valence-corrected chi connectivity index (χ2v) is 7.37. The summed E-state index contributed by atoms with van der Waals surface area (Å²) in [6.45, 7) is 6.57. The van der Waals surface area contributed by atoms with E-state index < -0.39 is 0 Å². The average Bonchev–Trinajstić information content (AvgIpc) is 3.31. The Morgan fingerprint density at radius 2 is 2.04 bits per heavy atom. The fourth-order valence-electron chi connectivity index (χ4n) is 4.02. The summed E-state index contributed by atoms with van der Waals surface area (Å²) in [6.07, 6.45) is 6.92. The van der Waals surface area contributed by atoms with Gasteiger partial charge in [0, 0.05) is 43.6 Å². The lowest BCUT2D eigenvalue weighted by Crippen LogP contribution is -2.43. The van der Waals surface area contributed by atoms with Crippen molar-refractivity contribution in [3.8, 4) is 0 Å². The summed E-state index contributed by atoms with van der Waals surface area (Å²) in [5.74, 6) is 1.08. The summed E-state index contributed by atoms with van der Waals surface area (Å²) in [5.41, 5.74) is 0.836. The van der Waals surface area contributed by atoms with Crippen molar-refractivity contribution < 1.29 is 4.79 Å². The number of imidazole rings is 1. The van der Waals surface area contributed by atoms with Crippen molar-refractivity contribution in [2.45, 2.75) is 51.2 Å². The number of rotatable bonds is 4. The molecule has 2 fully saturated rings. The van der Waals surface area contributed by atoms with E-state index in [-0.39, 0.29) is 11.9 Å². The highest BCUT2D eigenvalue weighted by atomic mass is 16.2. The smallest absolute Gasteiger partial charge is 0.236 e. The van der Waals surface area contributed by atoms with Crippen LogP contribution in [0.15, 0.2) is 24.5 Å². The fraction of sp³-hybridized carbons (Fsp3) is 0.611. The molecule has 0 aromatic carbocycles. The molecule has 2 saturated heterocycles. The topological polar surface area (TPSA) is 65.8 Å². The predicted molar refractivity (Wildman–Crippen MR) is 96.5 cm³/mol. The van der Waals surface area contributed by atoms with Gasteiger partial charge in [-0.1, -0.05) is 0 Å². The van der Waals surface area contributed by atoms with Crippen LogP contribution in [0.25, 0.3) is 5.65 Å². The van der Waals surface area contributed by atoms with Gasteiger partial charge in [-0.25, -0.2) is 9.50 Å². The molecule has 4 heterocycles. The van der Waals surface area contributed by atoms with E-state index in [2.05, 4.69) is 34.1 Å². The molecule has 0 saturated carbocycles. The van der Waals surface area contributed by atoms with Gasteiger partial charge in [0.15, 0.2) is 5.65 Å². The van der Waals surface area contributed by atoms with Gasteiger partial charge in [-0.15, -0.1) is 5.10 Å². The number of carbonyl (C=O) groups excluding carboxylic acids is 1. The van der Waals surface area contributed by atoms with Gasteiger partial charge in [0.2, 0.25) is 5.91 Å². The van der Waals surface area contributed by atoms with Crippen molar-refractivity contribution in [3.63, 3.8) is 0 Å². The lowest BCUT2D eigenvalue weighted by Gasteiger charge is -2.27. The number of carbonyl (C=O) groups is 1. The molecule has 0 aliphatic carbocycles. The maximum Gasteiger partial charge on any atom is 0.236 e. The Balaban J connectivity index is 1.33. The normalized spacial score (nSPS) is 27.3. The average molecular weight is 342 g/mol. The minimum Gasteiger partial charge on any atom is -0.364 e. The van der Waals surface area contributed by atoms with Crippen LogP contribution in [0.2, 0.25) is 0 Å². The van der Waals surface area contributed by atoms with E-state index in [9.17, 15) is 4.79 Å². The molecule has 0 bridgehead atoms. The highest BCUT2D eigenvalue weighted by Gasteiger charge is 2.32. The minimum absolute atomic E-state index is 0.253. The maximum atomic E-state index is 12.7. The molecule has 2 aliphatic heterocycles. The van der Waals surface area contributed by atoms with E-state index in [0.29, 0.717) is 18.6 Å². The number of hydrogen-bond acceptors (Lipinski definition) is 5. The molecule has 2 aromatic heterocycles. The Hall–Kier alpha value is -2.15. The van der Waals surface area contributed by atoms with E-state index in [1.807, 2.05) is 23.2 Å². The monoisotopic (exact) mass is 342 g/mol. The zero-order chi connectivity index (χ0) is 17.4. The Labute approximate surface area is 148 Å². The molecule has 4 rings (SSSR count). The number of fused-ring (bicyclic) bond motifs is 1. The predicted octanol–water partition coefficient (Wildman–Crippen LogP) is 1.61. The van der Waals surface area contributed by atoms with Gasteiger partial charge in [0.25, 0.3) is 0 Å². The minimum atomic E-state index is 0.253. The van der Waals surface area contributed by atoms with Crippen molar-refractivity contribution in [3.05, 3.63) is 24.5 Å². The summed E-state index contributed by atoms with van der Waals surface area (Å²) < 4.78 is 1.76. The number of amides is 1. The zero-order valence-electron chi connectivity index (χ0n) is 14.9. The first kappa shape index (κ1) is 16.3. The molecule has 7 nitrogen and oxygen atoms in total. The number of aromatic nitrogens is 3. The third kappa shape index (κ3) is 3.33. The van der Waals surface area contributed by atoms with Crippen molar-refractivity contribution >= 4 is 17.4 Å². The first-order valence-corrected chi connectivity index (χ1v) is 9.20. The van der Waals surface area contributed by atoms with Crippen LogP contribution >= 0.6 is 0 Å². The second kappa shape index (κ2) is 6.63. The molecule has 0 spiro atoms. The van der Waals surface area contributed by atoms with Crippen LogP contribution in [0.1, 0.15) is 33.1 Å². The van der Waals surface area contributed by atoms with E-state index >= 15 is 0 Å². The molecule has 134 valence electrons. The second-order valence-electron chi connectivity index (χ2n) is 7.37. The number of hydrogen-bond donors (Lipinski definition) is 1. The quantitative estimate of drug-likeness (QED) is 0.914. The summed E-state index contributed by atoms with van der Waals surface area (Å²) in [7, 11) is 0. The van der Waals surface area contributed by atoms with Crippen LogP contribution in [0, 0.1) is 0 Å². The van der Waals surface area contributed by atoms with Crippen molar-refractivity contribution in [2.24, 2.45) is 0 Å². The molecule has 1 amide bonds. The summed E-state index contributed by atoms with van der Waals surface area (Å²) in [5, 5.41) is 7.95. The third-order valence-corrected chi connectivity index (χ3v) is 5.60. The zero-order valence-corrected chi connectivity index (χ0v) is 14.9. The van der Waals surface area contributed by atoms with Crippen molar-refractivity contribution in [2.75, 3.05) is 25.0 Å². The van der Waals surface area contributed by atoms with E-state index in [1.54, 1.807) is 10.7 Å². The maximum absolute atomic E-state index is 12.7. The molecule has 3 atom stereocenters. The van der Waals surface area contributed by atoms with Gasteiger partial charge >= 0.3 is 0 Å². The van der Waals surface area contributed by atoms with Gasteiger partial charge in [0.1, 0.15) is 5.82 Å². The number of likely N-dealkylation sites (tertiary alicyclic amines) is 2. The Morgan fingerprint density at radius 1 is 1.24 bits per heavy atom. The molecule has 25 heavy (non-hydrogen) atoms. The molecule has 0 radical (unpaired) electrons. The SMILES string of the molecule is CC1CCC(C)N1CC(=O)N1CCC(Nc2ccc3nccn3n2)C1. The third-order valence-electron chi connectivity index (χ3n) is 5.60. The van der Waals surface area contributed by atoms with Crippen LogP contribution in [-0.4, -0.2) is 68.1 Å². The molecular formula is C18H26N6O. The number of nitrogens with one attached hydrogen (secondary N) is 1. The van der Waals surface area contributed by atoms with Crippen molar-refractivity contribution in [1.29, 1.82) is 0 Å². The number of nitrogens with zero attached hydrogens (tertiary/aromatic N) is 5. The fourth-order valence-corrected chi connectivity index (χ4v) is 4.02. The summed E-state index contributed by atoms with van der Waals surface area (Å²) >= 11 is 0. The van der Waals surface area contributed by atoms with Crippen LogP contribution in [0.3, 0.4) is 0 Å². The lowest BCUT2D eigenvalue weighted by molar-refractivity contribution is -0.132. The Kier molecular flexibility index (Phi) is 4.33. The van der Waals surface area contributed by atoms with Crippen molar-refractivity contribution in [1.82, 2.24) is 24.4 Å². The molecule has 3 unspecified atom stereocenters. The molecular weight excluding hydrogens is 316 g/mol. The molecule has 2 aliphatic rings. The largest absolute Gasteiger partial charge is 0.364 e. The summed E-state index contributed by atoms with van der Waals surface area (Å²) in [4.78, 5) is 21.2. The van der Waals surface area contributed by atoms with Crippen LogP contribution in [0.5, 0.6) is 0 Å². The van der Waals surface area contributed by atoms with Gasteiger partial charge in [0.05, 0.1) is 6.54 Å². The van der Waals surface area contributed by atoms with E-state index in [4.69, 9.17) is 0 Å². The number of anilines is 1. The van der Waals surface area contributed by atoms with E-state index in [1.165, 1.54) is 12.8 Å². The van der Waals surface area contributed by atoms with Gasteiger partial charge in [-0.2, -0.15) is 0 Å². The summed E-state index contributed by atoms with van der Waals surface area (Å²) in [6, 6.07) is 5.18. The Bertz CT molecular complexity index is 749. The van der Waals surface area contributed by atoms with Crippen LogP contribution < -0.4 is 5.32 Å². The first-order valence-electron chi connectivity index (χ1n) is 9.20. The lowest BCUT2D eigenvalue weighted by atomic mass is 10.2. The van der Waals surface area contributed by atoms with Crippen LogP contribution in [0.4, 0.5) is 5.82 Å². The van der Waals surface area contributed by atoms with Gasteiger partial charge in [-0.3, -0.25) is 9.69 Å². The highest BCUT2D eigenvalue weighted by molar-refractivity contribution is 5.78. The Morgan fingerprint density at radius 3 is 2.84 bits per heavy atom. The van der Waals surface area contributed by atoms with E-state index in [0.717, 1.165) is 31.0 Å². The molecule has 2 aromatic rings. The highest BCUT2D eigenvalue weighted by Crippen LogP contribution is 2.24.